The molecule has 0 amide bonds. The van der Waals surface area contributed by atoms with Gasteiger partial charge >= 0.3 is 0 Å². The molecule has 1 aliphatic rings. The summed E-state index contributed by atoms with van der Waals surface area (Å²) in [7, 11) is 0. The maximum absolute atomic E-state index is 6.01. The van der Waals surface area contributed by atoms with Gasteiger partial charge in [-0.05, 0) is 19.1 Å². The molecule has 1 heterocycles. The van der Waals surface area contributed by atoms with Gasteiger partial charge in [0.1, 0.15) is 11.9 Å². The number of rotatable bonds is 3. The first-order valence-corrected chi connectivity index (χ1v) is 6.20. The molecule has 2 rings (SSSR count). The van der Waals surface area contributed by atoms with Crippen LogP contribution in [0.5, 0.6) is 17.2 Å². The fourth-order valence-corrected chi connectivity index (χ4v) is 2.17. The minimum Gasteiger partial charge on any atom is -0.488 e. The lowest BCUT2D eigenvalue weighted by molar-refractivity contribution is 0.0682. The number of nitrogens with two attached hydrogens (primary N) is 1. The Kier molecular flexibility index (Phi) is 3.39. The van der Waals surface area contributed by atoms with Gasteiger partial charge in [-0.1, -0.05) is 20.8 Å². The summed E-state index contributed by atoms with van der Waals surface area (Å²) in [5, 5.41) is 0. The zero-order valence-corrected chi connectivity index (χ0v) is 11.4. The normalized spacial score (nSPS) is 17.4. The van der Waals surface area contributed by atoms with Gasteiger partial charge in [-0.15, -0.1) is 0 Å². The van der Waals surface area contributed by atoms with E-state index in [1.54, 1.807) is 0 Å². The second-order valence-corrected chi connectivity index (χ2v) is 5.78. The average Bonchev–Trinajstić information content (AvgIpc) is 2.70. The van der Waals surface area contributed by atoms with Gasteiger partial charge in [0.05, 0.1) is 0 Å². The van der Waals surface area contributed by atoms with E-state index in [4.69, 9.17) is 19.9 Å². The molecule has 0 bridgehead atoms. The third-order valence-corrected chi connectivity index (χ3v) is 2.94. The molecule has 4 nitrogen and oxygen atoms in total. The SMILES string of the molecule is CC(N)C(Oc1ccc2c(c1)OCO2)C(C)(C)C. The highest BCUT2D eigenvalue weighted by atomic mass is 16.7. The Balaban J connectivity index is 2.17. The van der Waals surface area contributed by atoms with Crippen molar-refractivity contribution < 1.29 is 14.2 Å². The van der Waals surface area contributed by atoms with Crippen molar-refractivity contribution in [1.82, 2.24) is 0 Å². The van der Waals surface area contributed by atoms with Crippen molar-refractivity contribution in [3.05, 3.63) is 18.2 Å². The predicted molar refractivity (Wildman–Crippen MR) is 70.1 cm³/mol. The Morgan fingerprint density at radius 2 is 1.89 bits per heavy atom. The molecule has 2 unspecified atom stereocenters. The third-order valence-electron chi connectivity index (χ3n) is 2.94. The van der Waals surface area contributed by atoms with Crippen molar-refractivity contribution in [2.45, 2.75) is 39.8 Å². The van der Waals surface area contributed by atoms with E-state index in [1.165, 1.54) is 0 Å². The smallest absolute Gasteiger partial charge is 0.231 e. The maximum Gasteiger partial charge on any atom is 0.231 e. The second kappa shape index (κ2) is 4.69. The van der Waals surface area contributed by atoms with E-state index in [9.17, 15) is 0 Å². The highest BCUT2D eigenvalue weighted by molar-refractivity contribution is 5.47. The first kappa shape index (κ1) is 13.0. The van der Waals surface area contributed by atoms with Crippen LogP contribution in [0.4, 0.5) is 0 Å². The lowest BCUT2D eigenvalue weighted by Crippen LogP contribution is -2.45. The number of hydrogen-bond acceptors (Lipinski definition) is 4. The average molecular weight is 251 g/mol. The van der Waals surface area contributed by atoms with Crippen LogP contribution in [-0.4, -0.2) is 18.9 Å². The van der Waals surface area contributed by atoms with E-state index in [2.05, 4.69) is 20.8 Å². The zero-order valence-electron chi connectivity index (χ0n) is 11.4. The van der Waals surface area contributed by atoms with Crippen LogP contribution in [0, 0.1) is 5.41 Å². The van der Waals surface area contributed by atoms with Crippen molar-refractivity contribution in [3.8, 4) is 17.2 Å². The van der Waals surface area contributed by atoms with Crippen LogP contribution >= 0.6 is 0 Å². The number of benzene rings is 1. The van der Waals surface area contributed by atoms with Crippen molar-refractivity contribution in [2.24, 2.45) is 11.1 Å². The molecule has 0 spiro atoms. The van der Waals surface area contributed by atoms with Crippen LogP contribution in [0.1, 0.15) is 27.7 Å². The van der Waals surface area contributed by atoms with Crippen molar-refractivity contribution in [3.63, 3.8) is 0 Å². The summed E-state index contributed by atoms with van der Waals surface area (Å²) < 4.78 is 16.6. The molecule has 0 aliphatic carbocycles. The molecule has 0 radical (unpaired) electrons. The van der Waals surface area contributed by atoms with Gasteiger partial charge in [-0.3, -0.25) is 0 Å². The van der Waals surface area contributed by atoms with Gasteiger partial charge in [0.2, 0.25) is 6.79 Å². The van der Waals surface area contributed by atoms with Gasteiger partial charge < -0.3 is 19.9 Å². The molecule has 1 aromatic carbocycles. The summed E-state index contributed by atoms with van der Waals surface area (Å²) in [6.45, 7) is 8.59. The fourth-order valence-electron chi connectivity index (χ4n) is 2.17. The largest absolute Gasteiger partial charge is 0.488 e. The number of fused-ring (bicyclic) bond motifs is 1. The van der Waals surface area contributed by atoms with Crippen LogP contribution in [-0.2, 0) is 0 Å². The Labute approximate surface area is 108 Å². The first-order chi connectivity index (χ1) is 8.38. The topological polar surface area (TPSA) is 53.7 Å². The van der Waals surface area contributed by atoms with Crippen LogP contribution < -0.4 is 19.9 Å². The molecular formula is C14H21NO3. The molecule has 2 atom stereocenters. The quantitative estimate of drug-likeness (QED) is 0.897. The van der Waals surface area contributed by atoms with Gasteiger partial charge in [0.25, 0.3) is 0 Å². The standard InChI is InChI=1S/C14H21NO3/c1-9(15)13(14(2,3)4)18-10-5-6-11-12(7-10)17-8-16-11/h5-7,9,13H,8,15H2,1-4H3. The Bertz CT molecular complexity index is 424. The zero-order chi connectivity index (χ0) is 13.3. The summed E-state index contributed by atoms with van der Waals surface area (Å²) in [5.74, 6) is 2.25. The Morgan fingerprint density at radius 3 is 2.50 bits per heavy atom. The van der Waals surface area contributed by atoms with Crippen molar-refractivity contribution in [2.75, 3.05) is 6.79 Å². The summed E-state index contributed by atoms with van der Waals surface area (Å²) in [6, 6.07) is 5.55. The van der Waals surface area contributed by atoms with E-state index in [0.717, 1.165) is 17.2 Å². The summed E-state index contributed by atoms with van der Waals surface area (Å²) in [5.41, 5.74) is 5.98. The van der Waals surface area contributed by atoms with Crippen LogP contribution in [0.15, 0.2) is 18.2 Å². The molecule has 0 saturated carbocycles. The second-order valence-electron chi connectivity index (χ2n) is 5.78. The maximum atomic E-state index is 6.01. The molecule has 1 aliphatic heterocycles. The van der Waals surface area contributed by atoms with Gasteiger partial charge in [-0.2, -0.15) is 0 Å². The molecule has 2 N–H and O–H groups in total. The predicted octanol–water partition coefficient (Wildman–Crippen LogP) is 2.56. The highest BCUT2D eigenvalue weighted by Gasteiger charge is 2.30. The molecule has 0 aromatic heterocycles. The summed E-state index contributed by atoms with van der Waals surface area (Å²) in [4.78, 5) is 0. The van der Waals surface area contributed by atoms with E-state index in [0.29, 0.717) is 0 Å². The monoisotopic (exact) mass is 251 g/mol. The minimum absolute atomic E-state index is 0.0233. The van der Waals surface area contributed by atoms with Crippen molar-refractivity contribution in [1.29, 1.82) is 0 Å². The molecule has 1 aromatic rings. The molecule has 0 fully saturated rings. The van der Waals surface area contributed by atoms with Crippen LogP contribution in [0.2, 0.25) is 0 Å². The highest BCUT2D eigenvalue weighted by Crippen LogP contribution is 2.36. The number of hydrogen-bond donors (Lipinski definition) is 1. The third kappa shape index (κ3) is 2.70. The minimum atomic E-state index is -0.0575. The van der Waals surface area contributed by atoms with Crippen LogP contribution in [0.25, 0.3) is 0 Å². The van der Waals surface area contributed by atoms with E-state index in [1.807, 2.05) is 25.1 Å². The fraction of sp³-hybridized carbons (Fsp3) is 0.571. The molecular weight excluding hydrogens is 230 g/mol. The molecule has 0 saturated heterocycles. The molecule has 100 valence electrons. The van der Waals surface area contributed by atoms with E-state index >= 15 is 0 Å². The summed E-state index contributed by atoms with van der Waals surface area (Å²) >= 11 is 0. The van der Waals surface area contributed by atoms with Gasteiger partial charge in [-0.25, -0.2) is 0 Å². The molecule has 4 heteroatoms. The first-order valence-electron chi connectivity index (χ1n) is 6.20. The lowest BCUT2D eigenvalue weighted by atomic mass is 9.85. The van der Waals surface area contributed by atoms with E-state index < -0.39 is 0 Å². The lowest BCUT2D eigenvalue weighted by Gasteiger charge is -2.34. The summed E-state index contributed by atoms with van der Waals surface area (Å²) in [6.07, 6.45) is -0.0575. The van der Waals surface area contributed by atoms with Gasteiger partial charge in [0, 0.05) is 17.5 Å². The Morgan fingerprint density at radius 1 is 1.22 bits per heavy atom. The van der Waals surface area contributed by atoms with Gasteiger partial charge in [0.15, 0.2) is 11.5 Å². The van der Waals surface area contributed by atoms with Crippen LogP contribution in [0.3, 0.4) is 0 Å². The van der Waals surface area contributed by atoms with E-state index in [-0.39, 0.29) is 24.4 Å². The molecule has 18 heavy (non-hydrogen) atoms. The number of ether oxygens (including phenoxy) is 3. The Hall–Kier alpha value is -1.42. The van der Waals surface area contributed by atoms with Crippen molar-refractivity contribution >= 4 is 0 Å².